The van der Waals surface area contributed by atoms with E-state index in [-0.39, 0.29) is 24.0 Å². The Morgan fingerprint density at radius 3 is 2.54 bits per heavy atom. The SMILES string of the molecule is COc1ccc(/C=C/C(=O)N(Cc2ccccc2F)C2CCS(=O)(=O)C2)cc1. The van der Waals surface area contributed by atoms with Gasteiger partial charge in [0.25, 0.3) is 0 Å². The van der Waals surface area contributed by atoms with Gasteiger partial charge in [-0.15, -0.1) is 0 Å². The minimum atomic E-state index is -3.18. The smallest absolute Gasteiger partial charge is 0.247 e. The molecule has 5 nitrogen and oxygen atoms in total. The summed E-state index contributed by atoms with van der Waals surface area (Å²) in [5, 5.41) is 0. The zero-order valence-corrected chi connectivity index (χ0v) is 16.4. The Balaban J connectivity index is 1.81. The molecule has 1 atom stereocenters. The van der Waals surface area contributed by atoms with Crippen LogP contribution in [0.1, 0.15) is 17.5 Å². The lowest BCUT2D eigenvalue weighted by Crippen LogP contribution is -2.39. The van der Waals surface area contributed by atoms with Crippen molar-refractivity contribution in [2.75, 3.05) is 18.6 Å². The van der Waals surface area contributed by atoms with E-state index in [9.17, 15) is 17.6 Å². The molecule has 2 aromatic rings. The third-order valence-electron chi connectivity index (χ3n) is 4.76. The van der Waals surface area contributed by atoms with E-state index in [2.05, 4.69) is 0 Å². The van der Waals surface area contributed by atoms with E-state index >= 15 is 0 Å². The maximum atomic E-state index is 14.1. The van der Waals surface area contributed by atoms with Crippen molar-refractivity contribution in [3.05, 3.63) is 71.6 Å². The highest BCUT2D eigenvalue weighted by atomic mass is 32.2. The Morgan fingerprint density at radius 1 is 1.21 bits per heavy atom. The molecule has 0 N–H and O–H groups in total. The molecule has 3 rings (SSSR count). The molecular weight excluding hydrogens is 381 g/mol. The summed E-state index contributed by atoms with van der Waals surface area (Å²) in [6.07, 6.45) is 3.41. The Hall–Kier alpha value is -2.67. The van der Waals surface area contributed by atoms with Gasteiger partial charge in [-0.3, -0.25) is 4.79 Å². The number of hydrogen-bond donors (Lipinski definition) is 0. The molecule has 0 aromatic heterocycles. The average Bonchev–Trinajstić information content (AvgIpc) is 3.05. The van der Waals surface area contributed by atoms with E-state index < -0.39 is 21.7 Å². The third-order valence-corrected chi connectivity index (χ3v) is 6.52. The number of carbonyl (C=O) groups is 1. The van der Waals surface area contributed by atoms with Crippen molar-refractivity contribution in [1.82, 2.24) is 4.90 Å². The molecule has 1 amide bonds. The number of methoxy groups -OCH3 is 1. The molecule has 28 heavy (non-hydrogen) atoms. The van der Waals surface area contributed by atoms with Crippen molar-refractivity contribution in [3.63, 3.8) is 0 Å². The van der Waals surface area contributed by atoms with Gasteiger partial charge in [0, 0.05) is 24.2 Å². The summed E-state index contributed by atoms with van der Waals surface area (Å²) in [7, 11) is -1.60. The standard InChI is InChI=1S/C21H22FNO4S/c1-27-19-9-6-16(7-10-19)8-11-21(24)23(18-12-13-28(25,26)15-18)14-17-4-2-3-5-20(17)22/h2-11,18H,12-15H2,1H3/b11-8+. The number of halogens is 1. The maximum Gasteiger partial charge on any atom is 0.247 e. The fraction of sp³-hybridized carbons (Fsp3) is 0.286. The van der Waals surface area contributed by atoms with Crippen LogP contribution in [0.25, 0.3) is 6.08 Å². The van der Waals surface area contributed by atoms with Crippen LogP contribution in [0.4, 0.5) is 4.39 Å². The van der Waals surface area contributed by atoms with Gasteiger partial charge in [0.15, 0.2) is 9.84 Å². The van der Waals surface area contributed by atoms with Crippen LogP contribution in [0.5, 0.6) is 5.75 Å². The van der Waals surface area contributed by atoms with Crippen molar-refractivity contribution in [2.45, 2.75) is 19.0 Å². The van der Waals surface area contributed by atoms with Crippen molar-refractivity contribution < 1.29 is 22.3 Å². The lowest BCUT2D eigenvalue weighted by Gasteiger charge is -2.27. The first-order valence-corrected chi connectivity index (χ1v) is 10.8. The van der Waals surface area contributed by atoms with E-state index in [4.69, 9.17) is 4.74 Å². The van der Waals surface area contributed by atoms with Crippen molar-refractivity contribution in [3.8, 4) is 5.75 Å². The molecule has 0 bridgehead atoms. The Morgan fingerprint density at radius 2 is 1.93 bits per heavy atom. The number of hydrogen-bond acceptors (Lipinski definition) is 4. The van der Waals surface area contributed by atoms with Crippen LogP contribution in [0, 0.1) is 5.82 Å². The molecule has 1 heterocycles. The van der Waals surface area contributed by atoms with Gasteiger partial charge in [-0.25, -0.2) is 12.8 Å². The van der Waals surface area contributed by atoms with Crippen molar-refractivity contribution >= 4 is 21.8 Å². The fourth-order valence-corrected chi connectivity index (χ4v) is 4.93. The molecule has 1 saturated heterocycles. The second-order valence-corrected chi connectivity index (χ2v) is 8.95. The molecule has 2 aromatic carbocycles. The third kappa shape index (κ3) is 4.98. The van der Waals surface area contributed by atoms with Crippen LogP contribution >= 0.6 is 0 Å². The molecule has 1 aliphatic rings. The molecule has 1 aliphatic heterocycles. The maximum absolute atomic E-state index is 14.1. The number of benzene rings is 2. The summed E-state index contributed by atoms with van der Waals surface area (Å²) >= 11 is 0. The second kappa shape index (κ2) is 8.56. The molecule has 0 saturated carbocycles. The Bertz CT molecular complexity index is 970. The van der Waals surface area contributed by atoms with E-state index in [1.807, 2.05) is 12.1 Å². The molecular formula is C21H22FNO4S. The first-order chi connectivity index (χ1) is 13.4. The molecule has 148 valence electrons. The number of sulfone groups is 1. The number of nitrogens with zero attached hydrogens (tertiary/aromatic N) is 1. The summed E-state index contributed by atoms with van der Waals surface area (Å²) < 4.78 is 43.0. The van der Waals surface area contributed by atoms with E-state index in [1.165, 1.54) is 17.0 Å². The summed E-state index contributed by atoms with van der Waals surface area (Å²) in [6.45, 7) is 0.0264. The topological polar surface area (TPSA) is 63.7 Å². The van der Waals surface area contributed by atoms with Gasteiger partial charge < -0.3 is 9.64 Å². The predicted octanol–water partition coefficient (Wildman–Crippen LogP) is 3.06. The number of carbonyl (C=O) groups excluding carboxylic acids is 1. The minimum Gasteiger partial charge on any atom is -0.497 e. The van der Waals surface area contributed by atoms with Crippen LogP contribution in [0.15, 0.2) is 54.6 Å². The number of ether oxygens (including phenoxy) is 1. The van der Waals surface area contributed by atoms with E-state index in [0.29, 0.717) is 17.7 Å². The first kappa shape index (κ1) is 20.1. The van der Waals surface area contributed by atoms with Gasteiger partial charge in [-0.2, -0.15) is 0 Å². The highest BCUT2D eigenvalue weighted by molar-refractivity contribution is 7.91. The van der Waals surface area contributed by atoms with Crippen LogP contribution in [0.3, 0.4) is 0 Å². The van der Waals surface area contributed by atoms with Gasteiger partial charge in [0.05, 0.1) is 18.6 Å². The minimum absolute atomic E-state index is 0.0264. The average molecular weight is 403 g/mol. The van der Waals surface area contributed by atoms with Gasteiger partial charge in [0.1, 0.15) is 11.6 Å². The van der Waals surface area contributed by atoms with Crippen LogP contribution in [-0.4, -0.2) is 43.9 Å². The summed E-state index contributed by atoms with van der Waals surface area (Å²) in [5.74, 6) is -0.105. The number of rotatable bonds is 6. The summed E-state index contributed by atoms with van der Waals surface area (Å²) in [4.78, 5) is 14.3. The van der Waals surface area contributed by atoms with Gasteiger partial charge >= 0.3 is 0 Å². The lowest BCUT2D eigenvalue weighted by molar-refractivity contribution is -0.128. The fourth-order valence-electron chi connectivity index (χ4n) is 3.20. The normalized spacial score (nSPS) is 18.3. The van der Waals surface area contributed by atoms with E-state index in [0.717, 1.165) is 5.56 Å². The quantitative estimate of drug-likeness (QED) is 0.696. The van der Waals surface area contributed by atoms with Crippen LogP contribution in [0.2, 0.25) is 0 Å². The van der Waals surface area contributed by atoms with Gasteiger partial charge in [-0.05, 0) is 36.3 Å². The van der Waals surface area contributed by atoms with Gasteiger partial charge in [-0.1, -0.05) is 30.3 Å². The molecule has 0 aliphatic carbocycles. The van der Waals surface area contributed by atoms with Crippen LogP contribution in [-0.2, 0) is 21.2 Å². The highest BCUT2D eigenvalue weighted by Gasteiger charge is 2.34. The molecule has 0 spiro atoms. The van der Waals surface area contributed by atoms with Crippen molar-refractivity contribution in [2.24, 2.45) is 0 Å². The van der Waals surface area contributed by atoms with Crippen LogP contribution < -0.4 is 4.74 Å². The lowest BCUT2D eigenvalue weighted by atomic mass is 10.1. The molecule has 7 heteroatoms. The molecule has 0 radical (unpaired) electrons. The Labute approximate surface area is 164 Å². The zero-order chi connectivity index (χ0) is 20.1. The largest absolute Gasteiger partial charge is 0.497 e. The molecule has 1 unspecified atom stereocenters. The molecule has 1 fully saturated rings. The van der Waals surface area contributed by atoms with Crippen molar-refractivity contribution in [1.29, 1.82) is 0 Å². The van der Waals surface area contributed by atoms with E-state index in [1.54, 1.807) is 43.5 Å². The second-order valence-electron chi connectivity index (χ2n) is 6.72. The summed E-state index contributed by atoms with van der Waals surface area (Å²) in [6, 6.07) is 12.9. The monoisotopic (exact) mass is 403 g/mol. The predicted molar refractivity (Wildman–Crippen MR) is 106 cm³/mol. The highest BCUT2D eigenvalue weighted by Crippen LogP contribution is 2.22. The Kier molecular flexibility index (Phi) is 6.14. The zero-order valence-electron chi connectivity index (χ0n) is 15.5. The first-order valence-electron chi connectivity index (χ1n) is 8.94. The number of amides is 1. The summed E-state index contributed by atoms with van der Waals surface area (Å²) in [5.41, 5.74) is 1.16. The van der Waals surface area contributed by atoms with Gasteiger partial charge in [0.2, 0.25) is 5.91 Å².